The van der Waals surface area contributed by atoms with Crippen molar-refractivity contribution in [3.8, 4) is 11.5 Å². The predicted molar refractivity (Wildman–Crippen MR) is 86.1 cm³/mol. The SMILES string of the molecule is COCc1nc2n(n1)[C@@H](c1cc(OC)ccc1OC)C[C@@H](C)N2. The highest BCUT2D eigenvalue weighted by Gasteiger charge is 2.30. The second kappa shape index (κ2) is 6.45. The molecule has 1 aromatic heterocycles. The van der Waals surface area contributed by atoms with E-state index in [1.807, 2.05) is 22.9 Å². The first-order valence-corrected chi connectivity index (χ1v) is 7.59. The smallest absolute Gasteiger partial charge is 0.222 e. The molecule has 0 saturated heterocycles. The maximum absolute atomic E-state index is 5.54. The van der Waals surface area contributed by atoms with Gasteiger partial charge in [-0.25, -0.2) is 4.68 Å². The fraction of sp³-hybridized carbons (Fsp3) is 0.500. The number of hydrogen-bond acceptors (Lipinski definition) is 6. The fourth-order valence-electron chi connectivity index (χ4n) is 2.95. The van der Waals surface area contributed by atoms with Crippen LogP contribution >= 0.6 is 0 Å². The molecule has 0 spiro atoms. The van der Waals surface area contributed by atoms with Gasteiger partial charge in [-0.1, -0.05) is 0 Å². The van der Waals surface area contributed by atoms with Gasteiger partial charge >= 0.3 is 0 Å². The van der Waals surface area contributed by atoms with Gasteiger partial charge in [0, 0.05) is 18.7 Å². The van der Waals surface area contributed by atoms with Gasteiger partial charge in [-0.15, -0.1) is 0 Å². The highest BCUT2D eigenvalue weighted by Crippen LogP contribution is 2.37. The molecule has 0 amide bonds. The van der Waals surface area contributed by atoms with Crippen LogP contribution in [0, 0.1) is 0 Å². The summed E-state index contributed by atoms with van der Waals surface area (Å²) in [6.07, 6.45) is 0.881. The summed E-state index contributed by atoms with van der Waals surface area (Å²) >= 11 is 0. The Kier molecular flexibility index (Phi) is 4.38. The van der Waals surface area contributed by atoms with E-state index in [4.69, 9.17) is 14.2 Å². The monoisotopic (exact) mass is 318 g/mol. The van der Waals surface area contributed by atoms with Crippen LogP contribution in [0.5, 0.6) is 11.5 Å². The molecule has 0 saturated carbocycles. The van der Waals surface area contributed by atoms with E-state index >= 15 is 0 Å². The zero-order chi connectivity index (χ0) is 16.4. The number of anilines is 1. The van der Waals surface area contributed by atoms with Crippen LogP contribution in [0.4, 0.5) is 5.95 Å². The lowest BCUT2D eigenvalue weighted by Crippen LogP contribution is -2.31. The van der Waals surface area contributed by atoms with Crippen LogP contribution in [0.3, 0.4) is 0 Å². The highest BCUT2D eigenvalue weighted by molar-refractivity contribution is 5.45. The van der Waals surface area contributed by atoms with Gasteiger partial charge in [0.15, 0.2) is 5.82 Å². The van der Waals surface area contributed by atoms with Crippen LogP contribution in [0.15, 0.2) is 18.2 Å². The lowest BCUT2D eigenvalue weighted by molar-refractivity contribution is 0.177. The number of rotatable bonds is 5. The van der Waals surface area contributed by atoms with E-state index in [0.29, 0.717) is 12.4 Å². The molecule has 0 aliphatic carbocycles. The standard InChI is InChI=1S/C16H22N4O3/c1-10-7-13(12-8-11(22-3)5-6-14(12)23-4)20-16(17-10)18-15(19-20)9-21-2/h5-6,8,10,13H,7,9H2,1-4H3,(H,17,18,19)/t10-,13-/m1/s1. The third kappa shape index (κ3) is 2.96. The Hall–Kier alpha value is -2.28. The van der Waals surface area contributed by atoms with Crippen LogP contribution in [0.1, 0.15) is 30.8 Å². The summed E-state index contributed by atoms with van der Waals surface area (Å²) in [5, 5.41) is 7.95. The largest absolute Gasteiger partial charge is 0.497 e. The number of hydrogen-bond donors (Lipinski definition) is 1. The molecule has 124 valence electrons. The number of nitrogens with one attached hydrogen (secondary N) is 1. The van der Waals surface area contributed by atoms with Crippen LogP contribution < -0.4 is 14.8 Å². The van der Waals surface area contributed by atoms with Crippen LogP contribution in [0.2, 0.25) is 0 Å². The van der Waals surface area contributed by atoms with E-state index in [-0.39, 0.29) is 12.1 Å². The Morgan fingerprint density at radius 1 is 1.26 bits per heavy atom. The van der Waals surface area contributed by atoms with Gasteiger partial charge < -0.3 is 19.5 Å². The topological polar surface area (TPSA) is 70.4 Å². The Balaban J connectivity index is 2.06. The third-order valence-electron chi connectivity index (χ3n) is 3.99. The van der Waals surface area contributed by atoms with Gasteiger partial charge in [-0.2, -0.15) is 10.1 Å². The highest BCUT2D eigenvalue weighted by atomic mass is 16.5. The fourth-order valence-corrected chi connectivity index (χ4v) is 2.95. The minimum Gasteiger partial charge on any atom is -0.497 e. The summed E-state index contributed by atoms with van der Waals surface area (Å²) in [4.78, 5) is 4.51. The molecule has 7 nitrogen and oxygen atoms in total. The summed E-state index contributed by atoms with van der Waals surface area (Å²) in [6.45, 7) is 2.52. The molecule has 1 N–H and O–H groups in total. The van der Waals surface area contributed by atoms with Crippen LogP contribution in [0.25, 0.3) is 0 Å². The van der Waals surface area contributed by atoms with Crippen molar-refractivity contribution in [1.82, 2.24) is 14.8 Å². The molecule has 1 aliphatic rings. The lowest BCUT2D eigenvalue weighted by Gasteiger charge is -2.30. The van der Waals surface area contributed by atoms with E-state index in [2.05, 4.69) is 22.3 Å². The normalized spacial score (nSPS) is 19.8. The van der Waals surface area contributed by atoms with Crippen molar-refractivity contribution < 1.29 is 14.2 Å². The van der Waals surface area contributed by atoms with E-state index < -0.39 is 0 Å². The van der Waals surface area contributed by atoms with Crippen molar-refractivity contribution >= 4 is 5.95 Å². The lowest BCUT2D eigenvalue weighted by atomic mass is 9.97. The molecule has 23 heavy (non-hydrogen) atoms. The number of ether oxygens (including phenoxy) is 3. The maximum atomic E-state index is 5.54. The molecule has 0 radical (unpaired) electrons. The van der Waals surface area contributed by atoms with Gasteiger partial charge in [0.2, 0.25) is 5.95 Å². The van der Waals surface area contributed by atoms with Crippen molar-refractivity contribution in [2.75, 3.05) is 26.6 Å². The second-order valence-corrected chi connectivity index (χ2v) is 5.63. The molecule has 3 rings (SSSR count). The van der Waals surface area contributed by atoms with Crippen molar-refractivity contribution in [2.45, 2.75) is 32.0 Å². The molecule has 1 aromatic carbocycles. The first kappa shape index (κ1) is 15.6. The summed E-state index contributed by atoms with van der Waals surface area (Å²) in [5.74, 6) is 3.03. The van der Waals surface area contributed by atoms with Crippen molar-refractivity contribution in [1.29, 1.82) is 0 Å². The Morgan fingerprint density at radius 3 is 2.78 bits per heavy atom. The van der Waals surface area contributed by atoms with E-state index in [9.17, 15) is 0 Å². The number of benzene rings is 1. The summed E-state index contributed by atoms with van der Waals surface area (Å²) in [5.41, 5.74) is 1.04. The van der Waals surface area contributed by atoms with Crippen molar-refractivity contribution in [3.05, 3.63) is 29.6 Å². The molecule has 2 aromatic rings. The molecule has 7 heteroatoms. The number of nitrogens with zero attached hydrogens (tertiary/aromatic N) is 3. The van der Waals surface area contributed by atoms with Crippen molar-refractivity contribution in [2.24, 2.45) is 0 Å². The van der Waals surface area contributed by atoms with E-state index in [0.717, 1.165) is 29.4 Å². The summed E-state index contributed by atoms with van der Waals surface area (Å²) in [7, 11) is 4.97. The average molecular weight is 318 g/mol. The van der Waals surface area contributed by atoms with Gasteiger partial charge in [0.25, 0.3) is 0 Å². The second-order valence-electron chi connectivity index (χ2n) is 5.63. The van der Waals surface area contributed by atoms with Gasteiger partial charge in [0.1, 0.15) is 18.1 Å². The van der Waals surface area contributed by atoms with Crippen LogP contribution in [-0.2, 0) is 11.3 Å². The Morgan fingerprint density at radius 2 is 2.09 bits per heavy atom. The minimum atomic E-state index is 0.0319. The van der Waals surface area contributed by atoms with Gasteiger partial charge in [-0.3, -0.25) is 0 Å². The first-order valence-electron chi connectivity index (χ1n) is 7.59. The molecule has 2 heterocycles. The van der Waals surface area contributed by atoms with E-state index in [1.54, 1.807) is 21.3 Å². The molecular weight excluding hydrogens is 296 g/mol. The average Bonchev–Trinajstić information content (AvgIpc) is 2.96. The molecule has 1 aliphatic heterocycles. The van der Waals surface area contributed by atoms with Gasteiger partial charge in [-0.05, 0) is 31.5 Å². The van der Waals surface area contributed by atoms with Crippen LogP contribution in [-0.4, -0.2) is 42.1 Å². The number of aromatic nitrogens is 3. The third-order valence-corrected chi connectivity index (χ3v) is 3.99. The Labute approximate surface area is 135 Å². The molecule has 0 unspecified atom stereocenters. The summed E-state index contributed by atoms with van der Waals surface area (Å²) < 4.78 is 18.0. The van der Waals surface area contributed by atoms with E-state index in [1.165, 1.54) is 0 Å². The predicted octanol–water partition coefficient (Wildman–Crippen LogP) is 2.24. The molecule has 2 atom stereocenters. The first-order chi connectivity index (χ1) is 11.2. The molecule has 0 bridgehead atoms. The Bertz CT molecular complexity index is 686. The molecular formula is C16H22N4O3. The van der Waals surface area contributed by atoms with Crippen molar-refractivity contribution in [3.63, 3.8) is 0 Å². The molecule has 0 fully saturated rings. The zero-order valence-electron chi connectivity index (χ0n) is 13.9. The maximum Gasteiger partial charge on any atom is 0.222 e. The summed E-state index contributed by atoms with van der Waals surface area (Å²) in [6, 6.07) is 6.13. The quantitative estimate of drug-likeness (QED) is 0.911. The zero-order valence-corrected chi connectivity index (χ0v) is 13.9. The van der Waals surface area contributed by atoms with Gasteiger partial charge in [0.05, 0.1) is 20.3 Å². The number of fused-ring (bicyclic) bond motifs is 1. The minimum absolute atomic E-state index is 0.0319. The number of methoxy groups -OCH3 is 3.